The van der Waals surface area contributed by atoms with Crippen molar-refractivity contribution in [2.75, 3.05) is 25.0 Å². The number of nitrogens with one attached hydrogen (secondary N) is 2. The maximum absolute atomic E-state index is 13.2. The van der Waals surface area contributed by atoms with Gasteiger partial charge < -0.3 is 20.6 Å². The van der Waals surface area contributed by atoms with E-state index in [-0.39, 0.29) is 5.82 Å². The lowest BCUT2D eigenvalue weighted by Crippen LogP contribution is -2.49. The topological polar surface area (TPSA) is 108 Å². The Kier molecular flexibility index (Phi) is 8.04. The Bertz CT molecular complexity index is 1120. The summed E-state index contributed by atoms with van der Waals surface area (Å²) in [5.74, 6) is 0.838. The molecule has 9 nitrogen and oxygen atoms in total. The molecule has 1 fully saturated rings. The van der Waals surface area contributed by atoms with Crippen LogP contribution in [0.15, 0.2) is 48.5 Å². The predicted molar refractivity (Wildman–Crippen MR) is 131 cm³/mol. The lowest BCUT2D eigenvalue weighted by atomic mass is 9.91. The minimum atomic E-state index is -0.707. The molecule has 186 valence electrons. The van der Waals surface area contributed by atoms with Crippen molar-refractivity contribution >= 4 is 11.7 Å². The number of nitrogens with zero attached hydrogens (tertiary/aromatic N) is 5. The summed E-state index contributed by atoms with van der Waals surface area (Å²) in [4.78, 5) is 14.8. The molecule has 35 heavy (non-hydrogen) atoms. The number of hydrogen-bond acceptors (Lipinski definition) is 6. The molecule has 0 bridgehead atoms. The number of β-amino-alcohol motifs (C(OH)–C–C–N with tert-alkyl or cyclic N) is 1. The van der Waals surface area contributed by atoms with E-state index < -0.39 is 18.2 Å². The molecule has 1 aliphatic rings. The fraction of sp³-hybridized carbons (Fsp3) is 0.440. The van der Waals surface area contributed by atoms with Gasteiger partial charge in [-0.3, -0.25) is 0 Å². The molecule has 2 amide bonds. The Morgan fingerprint density at radius 3 is 2.80 bits per heavy atom. The first-order valence-corrected chi connectivity index (χ1v) is 11.9. The van der Waals surface area contributed by atoms with Crippen LogP contribution in [-0.4, -0.2) is 68.0 Å². The van der Waals surface area contributed by atoms with Gasteiger partial charge >= 0.3 is 6.03 Å². The zero-order chi connectivity index (χ0) is 24.8. The third-order valence-electron chi connectivity index (χ3n) is 6.42. The number of amides is 2. The van der Waals surface area contributed by atoms with E-state index >= 15 is 0 Å². The SMILES string of the molecule is C[C@@H](NC(=O)Nc1cccc(-c2nnnn2C)c1)[C@H](O)CN1CCC[C@@H](Cc2ccc(F)cc2)C1. The van der Waals surface area contributed by atoms with Crippen molar-refractivity contribution < 1.29 is 14.3 Å². The molecule has 3 aromatic rings. The molecule has 0 aliphatic carbocycles. The molecule has 0 radical (unpaired) electrons. The second-order valence-electron chi connectivity index (χ2n) is 9.26. The van der Waals surface area contributed by atoms with E-state index in [4.69, 9.17) is 0 Å². The van der Waals surface area contributed by atoms with Crippen LogP contribution in [0.4, 0.5) is 14.9 Å². The molecule has 3 atom stereocenters. The van der Waals surface area contributed by atoms with E-state index in [0.29, 0.717) is 24.0 Å². The van der Waals surface area contributed by atoms with Crippen molar-refractivity contribution in [2.24, 2.45) is 13.0 Å². The van der Waals surface area contributed by atoms with Crippen LogP contribution in [0.1, 0.15) is 25.3 Å². The Morgan fingerprint density at radius 1 is 1.26 bits per heavy atom. The molecule has 2 heterocycles. The van der Waals surface area contributed by atoms with Crippen LogP contribution in [0.2, 0.25) is 0 Å². The second kappa shape index (κ2) is 11.4. The minimum absolute atomic E-state index is 0.219. The zero-order valence-corrected chi connectivity index (χ0v) is 20.1. The van der Waals surface area contributed by atoms with Gasteiger partial charge in [-0.1, -0.05) is 24.3 Å². The quantitative estimate of drug-likeness (QED) is 0.457. The normalized spacial score (nSPS) is 18.1. The lowest BCUT2D eigenvalue weighted by molar-refractivity contribution is 0.0662. The highest BCUT2D eigenvalue weighted by Crippen LogP contribution is 2.22. The van der Waals surface area contributed by atoms with Gasteiger partial charge in [0.1, 0.15) is 5.82 Å². The summed E-state index contributed by atoms with van der Waals surface area (Å²) < 4.78 is 14.7. The van der Waals surface area contributed by atoms with Crippen molar-refractivity contribution in [3.63, 3.8) is 0 Å². The molecule has 10 heteroatoms. The van der Waals surface area contributed by atoms with Crippen molar-refractivity contribution in [3.05, 3.63) is 59.9 Å². The summed E-state index contributed by atoms with van der Waals surface area (Å²) in [6, 6.07) is 13.1. The van der Waals surface area contributed by atoms with Crippen molar-refractivity contribution in [3.8, 4) is 11.4 Å². The van der Waals surface area contributed by atoms with Gasteiger partial charge in [0, 0.05) is 31.4 Å². The molecule has 4 rings (SSSR count). The number of likely N-dealkylation sites (tertiary alicyclic amines) is 1. The lowest BCUT2D eigenvalue weighted by Gasteiger charge is -2.35. The summed E-state index contributed by atoms with van der Waals surface area (Å²) in [6.45, 7) is 4.07. The van der Waals surface area contributed by atoms with Gasteiger partial charge in [-0.25, -0.2) is 13.9 Å². The number of carbonyl (C=O) groups is 1. The van der Waals surface area contributed by atoms with E-state index in [0.717, 1.165) is 43.5 Å². The number of hydrogen-bond donors (Lipinski definition) is 3. The highest BCUT2D eigenvalue weighted by atomic mass is 19.1. The number of benzene rings is 2. The fourth-order valence-corrected chi connectivity index (χ4v) is 4.54. The average molecular weight is 482 g/mol. The van der Waals surface area contributed by atoms with Gasteiger partial charge in [0.15, 0.2) is 5.82 Å². The molecule has 2 aromatic carbocycles. The third-order valence-corrected chi connectivity index (χ3v) is 6.42. The number of piperidine rings is 1. The highest BCUT2D eigenvalue weighted by molar-refractivity contribution is 5.90. The fourth-order valence-electron chi connectivity index (χ4n) is 4.54. The van der Waals surface area contributed by atoms with Gasteiger partial charge in [-0.2, -0.15) is 0 Å². The number of carbonyl (C=O) groups excluding carboxylic acids is 1. The maximum atomic E-state index is 13.2. The van der Waals surface area contributed by atoms with Gasteiger partial charge in [0.05, 0.1) is 12.1 Å². The van der Waals surface area contributed by atoms with Crippen LogP contribution in [0.5, 0.6) is 0 Å². The molecule has 0 saturated carbocycles. The van der Waals surface area contributed by atoms with Crippen LogP contribution < -0.4 is 10.6 Å². The van der Waals surface area contributed by atoms with Gasteiger partial charge in [0.2, 0.25) is 0 Å². The molecule has 0 spiro atoms. The number of halogens is 1. The maximum Gasteiger partial charge on any atom is 0.319 e. The Labute approximate surface area is 204 Å². The van der Waals surface area contributed by atoms with E-state index in [1.165, 1.54) is 12.1 Å². The van der Waals surface area contributed by atoms with Crippen molar-refractivity contribution in [1.29, 1.82) is 0 Å². The number of rotatable bonds is 8. The summed E-state index contributed by atoms with van der Waals surface area (Å²) in [7, 11) is 1.75. The zero-order valence-electron chi connectivity index (χ0n) is 20.1. The highest BCUT2D eigenvalue weighted by Gasteiger charge is 2.25. The van der Waals surface area contributed by atoms with E-state index in [9.17, 15) is 14.3 Å². The van der Waals surface area contributed by atoms with Crippen LogP contribution in [-0.2, 0) is 13.5 Å². The van der Waals surface area contributed by atoms with Crippen LogP contribution in [0.25, 0.3) is 11.4 Å². The third kappa shape index (κ3) is 6.83. The van der Waals surface area contributed by atoms with Gasteiger partial charge in [-0.15, -0.1) is 5.10 Å². The monoisotopic (exact) mass is 481 g/mol. The van der Waals surface area contributed by atoms with Crippen LogP contribution in [0.3, 0.4) is 0 Å². The summed E-state index contributed by atoms with van der Waals surface area (Å²) in [6.07, 6.45) is 2.36. The number of aliphatic hydroxyl groups excluding tert-OH is 1. The first-order chi connectivity index (χ1) is 16.9. The first kappa shape index (κ1) is 24.7. The van der Waals surface area contributed by atoms with Crippen LogP contribution in [0, 0.1) is 11.7 Å². The molecule has 1 aromatic heterocycles. The number of anilines is 1. The number of aromatic nitrogens is 4. The van der Waals surface area contributed by atoms with E-state index in [2.05, 4.69) is 31.1 Å². The molecule has 0 unspecified atom stereocenters. The molecular weight excluding hydrogens is 449 g/mol. The average Bonchev–Trinajstić information content (AvgIpc) is 3.27. The number of tetrazole rings is 1. The van der Waals surface area contributed by atoms with Crippen molar-refractivity contribution in [1.82, 2.24) is 30.4 Å². The van der Waals surface area contributed by atoms with E-state index in [1.54, 1.807) is 30.8 Å². The molecular formula is C25H32FN7O2. The second-order valence-corrected chi connectivity index (χ2v) is 9.26. The van der Waals surface area contributed by atoms with Crippen LogP contribution >= 0.6 is 0 Å². The number of aliphatic hydroxyl groups is 1. The predicted octanol–water partition coefficient (Wildman–Crippen LogP) is 2.84. The van der Waals surface area contributed by atoms with Gasteiger partial charge in [0.25, 0.3) is 0 Å². The molecule has 1 saturated heterocycles. The summed E-state index contributed by atoms with van der Waals surface area (Å²) in [5, 5.41) is 27.8. The number of aryl methyl sites for hydroxylation is 1. The van der Waals surface area contributed by atoms with Gasteiger partial charge in [-0.05, 0) is 78.9 Å². The minimum Gasteiger partial charge on any atom is -0.390 e. The summed E-state index contributed by atoms with van der Waals surface area (Å²) >= 11 is 0. The smallest absolute Gasteiger partial charge is 0.319 e. The Hall–Kier alpha value is -3.37. The Morgan fingerprint density at radius 2 is 2.06 bits per heavy atom. The largest absolute Gasteiger partial charge is 0.390 e. The summed E-state index contributed by atoms with van der Waals surface area (Å²) in [5.41, 5.74) is 2.51. The molecule has 1 aliphatic heterocycles. The Balaban J connectivity index is 1.25. The molecule has 3 N–H and O–H groups in total. The first-order valence-electron chi connectivity index (χ1n) is 11.9. The standard InChI is InChI=1S/C25H32FN7O2/c1-17(27-25(35)28-22-7-3-6-20(14-22)24-29-30-31-32(24)2)23(34)16-33-12-4-5-19(15-33)13-18-8-10-21(26)11-9-18/h3,6-11,14,17,19,23,34H,4-5,12-13,15-16H2,1-2H3,(H2,27,28,35)/t17-,19+,23-/m1/s1. The number of urea groups is 1. The van der Waals surface area contributed by atoms with Crippen molar-refractivity contribution in [2.45, 2.75) is 38.3 Å². The van der Waals surface area contributed by atoms with E-state index in [1.807, 2.05) is 24.3 Å².